The van der Waals surface area contributed by atoms with E-state index in [0.717, 1.165) is 31.7 Å². The number of carbonyl (C=O) groups excluding carboxylic acids is 1. The van der Waals surface area contributed by atoms with Crippen LogP contribution in [0.2, 0.25) is 0 Å². The van der Waals surface area contributed by atoms with E-state index >= 15 is 0 Å². The third-order valence-corrected chi connectivity index (χ3v) is 6.16. The molecule has 1 saturated heterocycles. The Balaban J connectivity index is 1.26. The molecule has 31 heavy (non-hydrogen) atoms. The lowest BCUT2D eigenvalue weighted by Crippen LogP contribution is -2.45. The van der Waals surface area contributed by atoms with E-state index in [1.807, 2.05) is 18.3 Å². The third-order valence-electron chi connectivity index (χ3n) is 6.16. The molecule has 0 N–H and O–H groups in total. The number of fused-ring (bicyclic) bond motifs is 3. The van der Waals surface area contributed by atoms with E-state index in [0.29, 0.717) is 11.6 Å². The van der Waals surface area contributed by atoms with Gasteiger partial charge in [-0.3, -0.25) is 9.91 Å². The maximum Gasteiger partial charge on any atom is 0.337 e. The summed E-state index contributed by atoms with van der Waals surface area (Å²) in [6, 6.07) is 25.2. The molecule has 5 nitrogen and oxygen atoms in total. The number of carbonyl (C=O) groups is 1. The van der Waals surface area contributed by atoms with E-state index in [2.05, 4.69) is 63.5 Å². The smallest absolute Gasteiger partial charge is 0.337 e. The molecule has 0 atom stereocenters. The van der Waals surface area contributed by atoms with Crippen LogP contribution in [0.1, 0.15) is 33.1 Å². The van der Waals surface area contributed by atoms with E-state index in [1.165, 1.54) is 29.4 Å². The average Bonchev–Trinajstić information content (AvgIpc) is 3.17. The van der Waals surface area contributed by atoms with Crippen LogP contribution < -0.4 is 0 Å². The fourth-order valence-electron chi connectivity index (χ4n) is 4.58. The van der Waals surface area contributed by atoms with Gasteiger partial charge in [0.15, 0.2) is 0 Å². The van der Waals surface area contributed by atoms with Crippen molar-refractivity contribution in [3.8, 4) is 11.1 Å². The largest absolute Gasteiger partial charge is 0.465 e. The molecule has 1 aliphatic heterocycles. The van der Waals surface area contributed by atoms with Crippen molar-refractivity contribution in [3.05, 3.63) is 95.1 Å². The van der Waals surface area contributed by atoms with Crippen molar-refractivity contribution in [2.24, 2.45) is 5.10 Å². The van der Waals surface area contributed by atoms with Crippen LogP contribution in [0.3, 0.4) is 0 Å². The molecular formula is C26H25N3O2. The van der Waals surface area contributed by atoms with Crippen molar-refractivity contribution in [2.75, 3.05) is 33.3 Å². The lowest BCUT2D eigenvalue weighted by atomic mass is 10.0. The predicted octanol–water partition coefficient (Wildman–Crippen LogP) is 4.19. The van der Waals surface area contributed by atoms with E-state index in [4.69, 9.17) is 4.74 Å². The van der Waals surface area contributed by atoms with Crippen LogP contribution in [-0.4, -0.2) is 55.4 Å². The van der Waals surface area contributed by atoms with Gasteiger partial charge in [-0.05, 0) is 39.9 Å². The second-order valence-electron chi connectivity index (χ2n) is 7.92. The monoisotopic (exact) mass is 411 g/mol. The van der Waals surface area contributed by atoms with Gasteiger partial charge >= 0.3 is 5.97 Å². The normalized spacial score (nSPS) is 16.4. The van der Waals surface area contributed by atoms with Gasteiger partial charge in [0.05, 0.1) is 24.9 Å². The van der Waals surface area contributed by atoms with Crippen LogP contribution in [0.25, 0.3) is 11.1 Å². The van der Waals surface area contributed by atoms with Gasteiger partial charge in [0.2, 0.25) is 0 Å². The Bertz CT molecular complexity index is 1070. The zero-order chi connectivity index (χ0) is 21.2. The van der Waals surface area contributed by atoms with Crippen LogP contribution in [0, 0.1) is 0 Å². The molecule has 0 unspecified atom stereocenters. The van der Waals surface area contributed by atoms with Crippen molar-refractivity contribution in [1.29, 1.82) is 0 Å². The summed E-state index contributed by atoms with van der Waals surface area (Å²) in [6.07, 6.45) is 1.86. The van der Waals surface area contributed by atoms with Gasteiger partial charge in [-0.15, -0.1) is 0 Å². The molecule has 2 aliphatic rings. The summed E-state index contributed by atoms with van der Waals surface area (Å²) >= 11 is 0. The zero-order valence-electron chi connectivity index (χ0n) is 17.6. The van der Waals surface area contributed by atoms with Crippen molar-refractivity contribution < 1.29 is 9.53 Å². The Labute approximate surface area is 182 Å². The van der Waals surface area contributed by atoms with Crippen LogP contribution in [0.15, 0.2) is 77.9 Å². The highest BCUT2D eigenvalue weighted by Crippen LogP contribution is 2.46. The number of rotatable bonds is 4. The molecule has 3 aromatic rings. The Morgan fingerprint density at radius 1 is 0.871 bits per heavy atom. The standard InChI is InChI=1S/C26H25N3O2/c1-31-26(30)20-12-10-19(11-13-20)18-27-29-16-14-28(15-17-29)25-23-8-4-2-6-21(23)22-7-3-5-9-24(22)25/h2-13,18,25H,14-17H2,1H3/b27-18+. The number of hydrogen-bond donors (Lipinski definition) is 0. The molecule has 1 fully saturated rings. The molecule has 0 amide bonds. The van der Waals surface area contributed by atoms with Crippen molar-refractivity contribution >= 4 is 12.2 Å². The molecule has 0 aromatic heterocycles. The van der Waals surface area contributed by atoms with Crippen LogP contribution >= 0.6 is 0 Å². The molecule has 1 aliphatic carbocycles. The Kier molecular flexibility index (Phi) is 5.26. The van der Waals surface area contributed by atoms with Gasteiger partial charge in [-0.25, -0.2) is 4.79 Å². The number of methoxy groups -OCH3 is 1. The van der Waals surface area contributed by atoms with E-state index in [-0.39, 0.29) is 5.97 Å². The highest BCUT2D eigenvalue weighted by molar-refractivity contribution is 5.90. The van der Waals surface area contributed by atoms with Gasteiger partial charge in [0, 0.05) is 26.2 Å². The van der Waals surface area contributed by atoms with Crippen molar-refractivity contribution in [2.45, 2.75) is 6.04 Å². The number of hydrazone groups is 1. The first kappa shape index (κ1) is 19.5. The molecule has 5 heteroatoms. The van der Waals surface area contributed by atoms with E-state index in [9.17, 15) is 4.79 Å². The van der Waals surface area contributed by atoms with Gasteiger partial charge in [-0.1, -0.05) is 60.7 Å². The first-order chi connectivity index (χ1) is 15.2. The summed E-state index contributed by atoms with van der Waals surface area (Å²) in [5, 5.41) is 6.79. The van der Waals surface area contributed by atoms with E-state index in [1.54, 1.807) is 12.1 Å². The number of benzene rings is 3. The molecular weight excluding hydrogens is 386 g/mol. The summed E-state index contributed by atoms with van der Waals surface area (Å²) < 4.78 is 4.74. The highest BCUT2D eigenvalue weighted by atomic mass is 16.5. The number of ether oxygens (including phenoxy) is 1. The van der Waals surface area contributed by atoms with Crippen LogP contribution in [0.5, 0.6) is 0 Å². The Morgan fingerprint density at radius 3 is 2.03 bits per heavy atom. The van der Waals surface area contributed by atoms with Crippen LogP contribution in [0.4, 0.5) is 0 Å². The van der Waals surface area contributed by atoms with Crippen molar-refractivity contribution in [3.63, 3.8) is 0 Å². The zero-order valence-corrected chi connectivity index (χ0v) is 17.6. The SMILES string of the molecule is COC(=O)c1ccc(/C=N/N2CCN(C3c4ccccc4-c4ccccc43)CC2)cc1. The lowest BCUT2D eigenvalue weighted by molar-refractivity contribution is 0.0600. The number of nitrogens with zero attached hydrogens (tertiary/aromatic N) is 3. The number of esters is 1. The average molecular weight is 412 g/mol. The van der Waals surface area contributed by atoms with Crippen LogP contribution in [-0.2, 0) is 4.74 Å². The molecule has 1 heterocycles. The quantitative estimate of drug-likeness (QED) is 0.477. The fraction of sp³-hybridized carbons (Fsp3) is 0.231. The minimum Gasteiger partial charge on any atom is -0.465 e. The molecule has 0 saturated carbocycles. The minimum atomic E-state index is -0.324. The molecule has 3 aromatic carbocycles. The fourth-order valence-corrected chi connectivity index (χ4v) is 4.58. The maximum absolute atomic E-state index is 11.6. The summed E-state index contributed by atoms with van der Waals surface area (Å²) in [5.74, 6) is -0.324. The second kappa shape index (κ2) is 8.36. The topological polar surface area (TPSA) is 45.1 Å². The lowest BCUT2D eigenvalue weighted by Gasteiger charge is -2.37. The summed E-state index contributed by atoms with van der Waals surface area (Å²) in [6.45, 7) is 3.70. The van der Waals surface area contributed by atoms with Crippen molar-refractivity contribution in [1.82, 2.24) is 9.91 Å². The molecule has 5 rings (SSSR count). The molecule has 0 radical (unpaired) electrons. The first-order valence-electron chi connectivity index (χ1n) is 10.6. The Hall–Kier alpha value is -3.44. The van der Waals surface area contributed by atoms with Gasteiger partial charge in [-0.2, -0.15) is 5.10 Å². The van der Waals surface area contributed by atoms with Gasteiger partial charge in [0.1, 0.15) is 0 Å². The predicted molar refractivity (Wildman–Crippen MR) is 122 cm³/mol. The maximum atomic E-state index is 11.6. The minimum absolute atomic E-state index is 0.324. The molecule has 0 bridgehead atoms. The number of hydrogen-bond acceptors (Lipinski definition) is 5. The number of piperazine rings is 1. The van der Waals surface area contributed by atoms with Gasteiger partial charge in [0.25, 0.3) is 0 Å². The van der Waals surface area contributed by atoms with Gasteiger partial charge < -0.3 is 4.74 Å². The summed E-state index contributed by atoms with van der Waals surface area (Å²) in [7, 11) is 1.39. The summed E-state index contributed by atoms with van der Waals surface area (Å²) in [4.78, 5) is 14.1. The highest BCUT2D eigenvalue weighted by Gasteiger charge is 2.33. The first-order valence-corrected chi connectivity index (χ1v) is 10.6. The Morgan fingerprint density at radius 2 is 1.45 bits per heavy atom. The second-order valence-corrected chi connectivity index (χ2v) is 7.92. The summed E-state index contributed by atoms with van der Waals surface area (Å²) in [5.41, 5.74) is 7.05. The third kappa shape index (κ3) is 3.73. The molecule has 156 valence electrons. The van der Waals surface area contributed by atoms with E-state index < -0.39 is 0 Å². The molecule has 0 spiro atoms.